The van der Waals surface area contributed by atoms with Crippen LogP contribution in [0.25, 0.3) is 0 Å². The van der Waals surface area contributed by atoms with Crippen molar-refractivity contribution in [3.05, 3.63) is 29.3 Å². The van der Waals surface area contributed by atoms with Crippen molar-refractivity contribution in [2.24, 2.45) is 0 Å². The summed E-state index contributed by atoms with van der Waals surface area (Å²) in [6, 6.07) is 5.47. The molecule has 1 heterocycles. The maximum atomic E-state index is 11.4. The van der Waals surface area contributed by atoms with E-state index in [9.17, 15) is 8.42 Å². The molecule has 0 atom stereocenters. The SMILES string of the molecule is CS(=O)(=O)c1ccc2c(c1)CCNCC2. The van der Waals surface area contributed by atoms with Gasteiger partial charge in [-0.25, -0.2) is 8.42 Å². The van der Waals surface area contributed by atoms with Gasteiger partial charge in [-0.3, -0.25) is 0 Å². The highest BCUT2D eigenvalue weighted by Crippen LogP contribution is 2.18. The molecule has 0 aromatic heterocycles. The van der Waals surface area contributed by atoms with Gasteiger partial charge < -0.3 is 5.32 Å². The van der Waals surface area contributed by atoms with Crippen molar-refractivity contribution in [1.82, 2.24) is 5.32 Å². The molecular formula is C11H15NO2S. The molecule has 0 radical (unpaired) electrons. The second kappa shape index (κ2) is 3.94. The molecule has 1 aliphatic heterocycles. The lowest BCUT2D eigenvalue weighted by atomic mass is 10.0. The summed E-state index contributed by atoms with van der Waals surface area (Å²) < 4.78 is 22.8. The molecule has 0 amide bonds. The molecule has 1 aromatic rings. The molecule has 2 rings (SSSR count). The number of nitrogens with one attached hydrogen (secondary N) is 1. The third-order valence-corrected chi connectivity index (χ3v) is 3.86. The molecule has 0 aliphatic carbocycles. The van der Waals surface area contributed by atoms with Gasteiger partial charge in [0.2, 0.25) is 0 Å². The number of fused-ring (bicyclic) bond motifs is 1. The van der Waals surface area contributed by atoms with Gasteiger partial charge in [0, 0.05) is 6.26 Å². The van der Waals surface area contributed by atoms with Gasteiger partial charge >= 0.3 is 0 Å². The van der Waals surface area contributed by atoms with Gasteiger partial charge in [0.05, 0.1) is 4.90 Å². The molecule has 0 bridgehead atoms. The molecule has 0 fully saturated rings. The second-order valence-corrected chi connectivity index (χ2v) is 5.97. The summed E-state index contributed by atoms with van der Waals surface area (Å²) in [4.78, 5) is 0.433. The number of hydrogen-bond donors (Lipinski definition) is 1. The molecule has 15 heavy (non-hydrogen) atoms. The van der Waals surface area contributed by atoms with Gasteiger partial charge in [-0.1, -0.05) is 6.07 Å². The Bertz CT molecular complexity index is 465. The van der Waals surface area contributed by atoms with Crippen molar-refractivity contribution >= 4 is 9.84 Å². The predicted molar refractivity (Wildman–Crippen MR) is 59.8 cm³/mol. The fraction of sp³-hybridized carbons (Fsp3) is 0.455. The Morgan fingerprint density at radius 2 is 1.80 bits per heavy atom. The second-order valence-electron chi connectivity index (χ2n) is 3.95. The van der Waals surface area contributed by atoms with Gasteiger partial charge in [0.25, 0.3) is 0 Å². The monoisotopic (exact) mass is 225 g/mol. The van der Waals surface area contributed by atoms with Crippen molar-refractivity contribution in [2.45, 2.75) is 17.7 Å². The number of sulfone groups is 1. The van der Waals surface area contributed by atoms with Crippen molar-refractivity contribution in [3.63, 3.8) is 0 Å². The van der Waals surface area contributed by atoms with Crippen LogP contribution in [0.1, 0.15) is 11.1 Å². The highest BCUT2D eigenvalue weighted by Gasteiger charge is 2.12. The number of hydrogen-bond acceptors (Lipinski definition) is 3. The lowest BCUT2D eigenvalue weighted by Crippen LogP contribution is -2.16. The molecule has 0 saturated carbocycles. The van der Waals surface area contributed by atoms with Crippen molar-refractivity contribution in [2.75, 3.05) is 19.3 Å². The first-order chi connectivity index (χ1) is 7.07. The zero-order valence-electron chi connectivity index (χ0n) is 8.79. The van der Waals surface area contributed by atoms with Crippen LogP contribution in [0, 0.1) is 0 Å². The lowest BCUT2D eigenvalue weighted by molar-refractivity contribution is 0.601. The molecule has 1 aliphatic rings. The van der Waals surface area contributed by atoms with Crippen LogP contribution < -0.4 is 5.32 Å². The van der Waals surface area contributed by atoms with E-state index < -0.39 is 9.84 Å². The summed E-state index contributed by atoms with van der Waals surface area (Å²) in [5, 5.41) is 3.30. The van der Waals surface area contributed by atoms with Gasteiger partial charge in [-0.2, -0.15) is 0 Å². The Hall–Kier alpha value is -0.870. The van der Waals surface area contributed by atoms with Crippen LogP contribution in [0.4, 0.5) is 0 Å². The maximum absolute atomic E-state index is 11.4. The summed E-state index contributed by atoms with van der Waals surface area (Å²) in [6.07, 6.45) is 3.15. The normalized spacial score (nSPS) is 16.9. The van der Waals surface area contributed by atoms with Gasteiger partial charge in [-0.15, -0.1) is 0 Å². The highest BCUT2D eigenvalue weighted by molar-refractivity contribution is 7.90. The topological polar surface area (TPSA) is 46.2 Å². The predicted octanol–water partition coefficient (Wildman–Crippen LogP) is 0.778. The van der Waals surface area contributed by atoms with Crippen LogP contribution in [-0.2, 0) is 22.7 Å². The Labute approximate surface area is 90.4 Å². The van der Waals surface area contributed by atoms with Crippen molar-refractivity contribution < 1.29 is 8.42 Å². The summed E-state index contributed by atoms with van der Waals surface area (Å²) in [5.41, 5.74) is 2.44. The summed E-state index contributed by atoms with van der Waals surface area (Å²) in [6.45, 7) is 1.91. The number of rotatable bonds is 1. The smallest absolute Gasteiger partial charge is 0.175 e. The highest BCUT2D eigenvalue weighted by atomic mass is 32.2. The zero-order valence-corrected chi connectivity index (χ0v) is 9.60. The van der Waals surface area contributed by atoms with Gasteiger partial charge in [0.1, 0.15) is 0 Å². The van der Waals surface area contributed by atoms with E-state index in [2.05, 4.69) is 5.32 Å². The largest absolute Gasteiger partial charge is 0.316 e. The third kappa shape index (κ3) is 2.38. The van der Waals surface area contributed by atoms with E-state index in [1.165, 1.54) is 17.4 Å². The molecular weight excluding hydrogens is 210 g/mol. The lowest BCUT2D eigenvalue weighted by Gasteiger charge is -2.06. The minimum atomic E-state index is -3.07. The molecule has 3 nitrogen and oxygen atoms in total. The molecule has 0 saturated heterocycles. The van der Waals surface area contributed by atoms with E-state index in [1.807, 2.05) is 12.1 Å². The first-order valence-corrected chi connectivity index (χ1v) is 6.99. The third-order valence-electron chi connectivity index (χ3n) is 2.75. The molecule has 0 spiro atoms. The quantitative estimate of drug-likeness (QED) is 0.768. The van der Waals surface area contributed by atoms with Crippen molar-refractivity contribution in [3.8, 4) is 0 Å². The Morgan fingerprint density at radius 3 is 2.47 bits per heavy atom. The standard InChI is InChI=1S/C11H15NO2S/c1-15(13,14)11-3-2-9-4-6-12-7-5-10(9)8-11/h2-3,8,12H,4-7H2,1H3. The summed E-state index contributed by atoms with van der Waals surface area (Å²) in [5.74, 6) is 0. The Balaban J connectivity index is 2.45. The first kappa shape index (κ1) is 10.6. The molecule has 82 valence electrons. The summed E-state index contributed by atoms with van der Waals surface area (Å²) >= 11 is 0. The van der Waals surface area contributed by atoms with Crippen LogP contribution in [0.2, 0.25) is 0 Å². The maximum Gasteiger partial charge on any atom is 0.175 e. The fourth-order valence-electron chi connectivity index (χ4n) is 1.88. The Morgan fingerprint density at radius 1 is 1.13 bits per heavy atom. The first-order valence-electron chi connectivity index (χ1n) is 5.10. The minimum absolute atomic E-state index is 0.433. The minimum Gasteiger partial charge on any atom is -0.316 e. The molecule has 1 N–H and O–H groups in total. The van der Waals surface area contributed by atoms with Crippen LogP contribution in [-0.4, -0.2) is 27.8 Å². The Kier molecular flexibility index (Phi) is 2.80. The molecule has 4 heteroatoms. The van der Waals surface area contributed by atoms with E-state index in [0.29, 0.717) is 4.90 Å². The van der Waals surface area contributed by atoms with Crippen LogP contribution in [0.15, 0.2) is 23.1 Å². The molecule has 0 unspecified atom stereocenters. The van der Waals surface area contributed by atoms with E-state index in [0.717, 1.165) is 25.9 Å². The van der Waals surface area contributed by atoms with Crippen LogP contribution in [0.3, 0.4) is 0 Å². The van der Waals surface area contributed by atoms with E-state index in [4.69, 9.17) is 0 Å². The number of benzene rings is 1. The molecule has 1 aromatic carbocycles. The van der Waals surface area contributed by atoms with Crippen molar-refractivity contribution in [1.29, 1.82) is 0 Å². The van der Waals surface area contributed by atoms with Crippen LogP contribution in [0.5, 0.6) is 0 Å². The van der Waals surface area contributed by atoms with Gasteiger partial charge in [-0.05, 0) is 49.2 Å². The summed E-state index contributed by atoms with van der Waals surface area (Å²) in [7, 11) is -3.07. The zero-order chi connectivity index (χ0) is 10.9. The average Bonchev–Trinajstić information content (AvgIpc) is 2.39. The van der Waals surface area contributed by atoms with E-state index >= 15 is 0 Å². The fourth-order valence-corrected chi connectivity index (χ4v) is 2.55. The van der Waals surface area contributed by atoms with E-state index in [1.54, 1.807) is 6.07 Å². The average molecular weight is 225 g/mol. The van der Waals surface area contributed by atoms with Crippen LogP contribution >= 0.6 is 0 Å². The van der Waals surface area contributed by atoms with E-state index in [-0.39, 0.29) is 0 Å². The van der Waals surface area contributed by atoms with Gasteiger partial charge in [0.15, 0.2) is 9.84 Å².